The highest BCUT2D eigenvalue weighted by atomic mass is 15.3. The van der Waals surface area contributed by atoms with E-state index in [4.69, 9.17) is 0 Å². The van der Waals surface area contributed by atoms with E-state index in [9.17, 15) is 0 Å². The van der Waals surface area contributed by atoms with Gasteiger partial charge in [0, 0.05) is 36.6 Å². The fourth-order valence-corrected chi connectivity index (χ4v) is 2.44. The molecule has 1 saturated carbocycles. The van der Waals surface area contributed by atoms with E-state index < -0.39 is 0 Å². The van der Waals surface area contributed by atoms with Crippen LogP contribution in [0.15, 0.2) is 43.0 Å². The molecular weight excluding hydrogens is 262 g/mol. The maximum Gasteiger partial charge on any atom is 0.158 e. The normalized spacial score (nSPS) is 14.7. The SMILES string of the molecule is c1cncc(Cn2ncc3cc(CNC4CC4)cnc32)c1. The first-order valence-electron chi connectivity index (χ1n) is 7.31. The van der Waals surface area contributed by atoms with Gasteiger partial charge in [0.15, 0.2) is 5.65 Å². The molecule has 1 fully saturated rings. The van der Waals surface area contributed by atoms with Gasteiger partial charge in [0.25, 0.3) is 0 Å². The van der Waals surface area contributed by atoms with Crippen molar-refractivity contribution in [3.8, 4) is 0 Å². The molecule has 0 amide bonds. The van der Waals surface area contributed by atoms with Gasteiger partial charge in [0.05, 0.1) is 12.7 Å². The minimum Gasteiger partial charge on any atom is -0.310 e. The Morgan fingerprint density at radius 1 is 1.19 bits per heavy atom. The second-order valence-corrected chi connectivity index (χ2v) is 5.58. The summed E-state index contributed by atoms with van der Waals surface area (Å²) in [5.41, 5.74) is 3.27. The molecule has 3 aromatic heterocycles. The Morgan fingerprint density at radius 2 is 2.14 bits per heavy atom. The van der Waals surface area contributed by atoms with Gasteiger partial charge in [-0.1, -0.05) is 6.07 Å². The number of hydrogen-bond donors (Lipinski definition) is 1. The van der Waals surface area contributed by atoms with Gasteiger partial charge < -0.3 is 5.32 Å². The molecule has 5 heteroatoms. The van der Waals surface area contributed by atoms with Crippen molar-refractivity contribution in [1.29, 1.82) is 0 Å². The van der Waals surface area contributed by atoms with Crippen LogP contribution in [-0.4, -0.2) is 25.8 Å². The van der Waals surface area contributed by atoms with Crippen molar-refractivity contribution < 1.29 is 0 Å². The van der Waals surface area contributed by atoms with Gasteiger partial charge in [-0.15, -0.1) is 0 Å². The summed E-state index contributed by atoms with van der Waals surface area (Å²) in [6, 6.07) is 6.88. The molecule has 0 unspecified atom stereocenters. The Bertz CT molecular complexity index is 746. The number of aromatic nitrogens is 4. The average molecular weight is 279 g/mol. The minimum absolute atomic E-state index is 0.698. The zero-order chi connectivity index (χ0) is 14.1. The molecule has 5 nitrogen and oxygen atoms in total. The second-order valence-electron chi connectivity index (χ2n) is 5.58. The van der Waals surface area contributed by atoms with Crippen LogP contribution in [0.25, 0.3) is 11.0 Å². The van der Waals surface area contributed by atoms with Crippen LogP contribution < -0.4 is 5.32 Å². The van der Waals surface area contributed by atoms with Gasteiger partial charge in [-0.3, -0.25) is 4.98 Å². The highest BCUT2D eigenvalue weighted by Gasteiger charge is 2.20. The lowest BCUT2D eigenvalue weighted by Crippen LogP contribution is -2.15. The Kier molecular flexibility index (Phi) is 3.12. The third-order valence-electron chi connectivity index (χ3n) is 3.76. The average Bonchev–Trinajstić information content (AvgIpc) is 3.28. The molecule has 21 heavy (non-hydrogen) atoms. The van der Waals surface area contributed by atoms with E-state index >= 15 is 0 Å². The van der Waals surface area contributed by atoms with Gasteiger partial charge in [0.2, 0.25) is 0 Å². The Hall–Kier alpha value is -2.27. The van der Waals surface area contributed by atoms with Crippen molar-refractivity contribution in [2.45, 2.75) is 32.0 Å². The summed E-state index contributed by atoms with van der Waals surface area (Å²) in [6.45, 7) is 1.59. The fraction of sp³-hybridized carbons (Fsp3) is 0.312. The molecule has 0 bridgehead atoms. The summed E-state index contributed by atoms with van der Waals surface area (Å²) in [4.78, 5) is 8.71. The van der Waals surface area contributed by atoms with Crippen molar-refractivity contribution in [2.75, 3.05) is 0 Å². The number of fused-ring (bicyclic) bond motifs is 1. The molecular formula is C16H17N5. The lowest BCUT2D eigenvalue weighted by atomic mass is 10.2. The number of nitrogens with one attached hydrogen (secondary N) is 1. The molecule has 1 aliphatic carbocycles. The summed E-state index contributed by atoms with van der Waals surface area (Å²) in [5, 5.41) is 9.05. The van der Waals surface area contributed by atoms with E-state index in [0.717, 1.165) is 23.1 Å². The van der Waals surface area contributed by atoms with Crippen LogP contribution in [0.3, 0.4) is 0 Å². The van der Waals surface area contributed by atoms with Crippen LogP contribution in [0.1, 0.15) is 24.0 Å². The zero-order valence-electron chi connectivity index (χ0n) is 11.7. The molecule has 3 aromatic rings. The molecule has 0 spiro atoms. The number of rotatable bonds is 5. The van der Waals surface area contributed by atoms with E-state index in [0.29, 0.717) is 12.6 Å². The summed E-state index contributed by atoms with van der Waals surface area (Å²) >= 11 is 0. The highest BCUT2D eigenvalue weighted by molar-refractivity contribution is 5.75. The molecule has 0 radical (unpaired) electrons. The molecule has 106 valence electrons. The minimum atomic E-state index is 0.698. The van der Waals surface area contributed by atoms with Crippen molar-refractivity contribution in [1.82, 2.24) is 25.1 Å². The number of hydrogen-bond acceptors (Lipinski definition) is 4. The Labute approximate surface area is 123 Å². The molecule has 1 aliphatic rings. The summed E-state index contributed by atoms with van der Waals surface area (Å²) in [6.07, 6.45) is 10.1. The topological polar surface area (TPSA) is 55.6 Å². The van der Waals surface area contributed by atoms with Crippen LogP contribution in [0, 0.1) is 0 Å². The largest absolute Gasteiger partial charge is 0.310 e. The van der Waals surface area contributed by atoms with E-state index in [2.05, 4.69) is 32.5 Å². The third-order valence-corrected chi connectivity index (χ3v) is 3.76. The standard InChI is InChI=1S/C16H17N5/c1-2-12(7-17-5-1)11-21-16-14(10-20-21)6-13(9-19-16)8-18-15-3-4-15/h1-2,5-7,9-10,15,18H,3-4,8,11H2. The highest BCUT2D eigenvalue weighted by Crippen LogP contribution is 2.20. The van der Waals surface area contributed by atoms with Gasteiger partial charge in [-0.2, -0.15) is 5.10 Å². The molecule has 0 aliphatic heterocycles. The molecule has 0 atom stereocenters. The first kappa shape index (κ1) is 12.5. The van der Waals surface area contributed by atoms with E-state index in [-0.39, 0.29) is 0 Å². The number of pyridine rings is 2. The predicted octanol–water partition coefficient (Wildman–Crippen LogP) is 2.13. The third kappa shape index (κ3) is 2.78. The van der Waals surface area contributed by atoms with Gasteiger partial charge in [0.1, 0.15) is 0 Å². The zero-order valence-corrected chi connectivity index (χ0v) is 11.7. The van der Waals surface area contributed by atoms with Crippen LogP contribution in [-0.2, 0) is 13.1 Å². The molecule has 4 rings (SSSR count). The van der Waals surface area contributed by atoms with Crippen molar-refractivity contribution >= 4 is 11.0 Å². The van der Waals surface area contributed by atoms with E-state index in [1.807, 2.05) is 29.3 Å². The molecule has 3 heterocycles. The quantitative estimate of drug-likeness (QED) is 0.777. The Morgan fingerprint density at radius 3 is 2.95 bits per heavy atom. The maximum absolute atomic E-state index is 4.58. The van der Waals surface area contributed by atoms with Crippen molar-refractivity contribution in [3.05, 3.63) is 54.1 Å². The van der Waals surface area contributed by atoms with Crippen molar-refractivity contribution in [2.24, 2.45) is 0 Å². The molecule has 0 aromatic carbocycles. The van der Waals surface area contributed by atoms with E-state index in [1.54, 1.807) is 6.20 Å². The summed E-state index contributed by atoms with van der Waals surface area (Å²) in [7, 11) is 0. The van der Waals surface area contributed by atoms with Crippen molar-refractivity contribution in [3.63, 3.8) is 0 Å². The van der Waals surface area contributed by atoms with Gasteiger partial charge in [-0.05, 0) is 36.1 Å². The molecule has 0 saturated heterocycles. The second kappa shape index (κ2) is 5.26. The van der Waals surface area contributed by atoms with Crippen LogP contribution >= 0.6 is 0 Å². The van der Waals surface area contributed by atoms with E-state index in [1.165, 1.54) is 18.4 Å². The maximum atomic E-state index is 4.58. The van der Waals surface area contributed by atoms with Gasteiger partial charge in [-0.25, -0.2) is 9.67 Å². The summed E-state index contributed by atoms with van der Waals surface area (Å²) in [5.74, 6) is 0. The van der Waals surface area contributed by atoms with Gasteiger partial charge >= 0.3 is 0 Å². The lowest BCUT2D eigenvalue weighted by Gasteiger charge is -2.05. The molecule has 1 N–H and O–H groups in total. The lowest BCUT2D eigenvalue weighted by molar-refractivity contribution is 0.684. The van der Waals surface area contributed by atoms with Crippen LogP contribution in [0.2, 0.25) is 0 Å². The van der Waals surface area contributed by atoms with Crippen LogP contribution in [0.5, 0.6) is 0 Å². The summed E-state index contributed by atoms with van der Waals surface area (Å²) < 4.78 is 1.92. The smallest absolute Gasteiger partial charge is 0.158 e. The Balaban J connectivity index is 1.56. The first-order chi connectivity index (χ1) is 10.4. The first-order valence-corrected chi connectivity index (χ1v) is 7.31. The van der Waals surface area contributed by atoms with Crippen LogP contribution in [0.4, 0.5) is 0 Å². The fourth-order valence-electron chi connectivity index (χ4n) is 2.44. The monoisotopic (exact) mass is 279 g/mol. The number of nitrogens with zero attached hydrogens (tertiary/aromatic N) is 4. The predicted molar refractivity (Wildman–Crippen MR) is 80.7 cm³/mol.